The Morgan fingerprint density at radius 1 is 0.324 bits per heavy atom. The van der Waals surface area contributed by atoms with E-state index in [9.17, 15) is 0 Å². The molecule has 3 aromatic heterocycles. The van der Waals surface area contributed by atoms with Gasteiger partial charge in [-0.2, -0.15) is 0 Å². The van der Waals surface area contributed by atoms with Crippen molar-refractivity contribution >= 4 is 82.8 Å². The molecular formula is C69H67N5. The Morgan fingerprint density at radius 2 is 0.649 bits per heavy atom. The highest BCUT2D eigenvalue weighted by atomic mass is 15.1. The molecule has 8 aromatic carbocycles. The van der Waals surface area contributed by atoms with Crippen molar-refractivity contribution in [1.82, 2.24) is 13.7 Å². The molecule has 0 amide bonds. The molecule has 0 saturated carbocycles. The van der Waals surface area contributed by atoms with Gasteiger partial charge in [0.2, 0.25) is 0 Å². The SMILES string of the molecule is CC(C)(C)c1ccc2c(c1)c1cc(C(C)(C)C)ccc1n2-c1ccc2c(c1)c1cc(-n3c4ccc(C(C)(C)C)cc4c4cc(C(C)(C)C)ccc43)ccc1n2C1=NC(c2ccccc2)=NC(c2ccccc2)=CC1. The van der Waals surface area contributed by atoms with Crippen LogP contribution >= 0.6 is 0 Å². The van der Waals surface area contributed by atoms with Crippen LogP contribution < -0.4 is 0 Å². The number of aliphatic imine (C=N–C) groups is 2. The summed E-state index contributed by atoms with van der Waals surface area (Å²) >= 11 is 0. The van der Waals surface area contributed by atoms with Crippen LogP contribution in [0.25, 0.3) is 82.5 Å². The van der Waals surface area contributed by atoms with Crippen LogP contribution in [0.15, 0.2) is 186 Å². The fraction of sp³-hybridized carbons (Fsp3) is 0.246. The standard InChI is InChI=1S/C69H67N5/c1-66(2,3)45-23-30-58-51(37-45)52-38-46(67(4,5)6)24-31-59(52)72(58)49-27-34-62-55(41-49)56-42-50(73-60-32-25-47(68(7,8)9)39-53(60)54-40-48(69(10,11)12)26-33-61(54)73)28-35-63(56)74(62)64-36-29-57(43-19-15-13-16-20-43)70-65(71-64)44-21-17-14-18-22-44/h13-35,37-42H,36H2,1-12H3. The smallest absolute Gasteiger partial charge is 0.161 e. The summed E-state index contributed by atoms with van der Waals surface area (Å²) in [4.78, 5) is 10.9. The van der Waals surface area contributed by atoms with E-state index in [0.717, 1.165) is 55.8 Å². The number of benzene rings is 8. The van der Waals surface area contributed by atoms with Gasteiger partial charge in [-0.05, 0) is 134 Å². The lowest BCUT2D eigenvalue weighted by Gasteiger charge is -2.19. The molecule has 368 valence electrons. The van der Waals surface area contributed by atoms with Crippen LogP contribution in [0.5, 0.6) is 0 Å². The molecule has 0 unspecified atom stereocenters. The molecule has 11 aromatic rings. The number of fused-ring (bicyclic) bond motifs is 9. The number of aromatic nitrogens is 3. The normalized spacial score (nSPS) is 14.1. The summed E-state index contributed by atoms with van der Waals surface area (Å²) in [5.41, 5.74) is 17.6. The maximum atomic E-state index is 5.55. The van der Waals surface area contributed by atoms with Crippen LogP contribution in [0.1, 0.15) is 123 Å². The van der Waals surface area contributed by atoms with Gasteiger partial charge in [0.15, 0.2) is 5.84 Å². The number of hydrogen-bond acceptors (Lipinski definition) is 2. The highest BCUT2D eigenvalue weighted by molar-refractivity contribution is 6.20. The zero-order valence-electron chi connectivity index (χ0n) is 45.2. The minimum Gasteiger partial charge on any atom is -0.309 e. The van der Waals surface area contributed by atoms with Crippen LogP contribution in [0, 0.1) is 0 Å². The second-order valence-corrected chi connectivity index (χ2v) is 24.8. The first-order valence-corrected chi connectivity index (χ1v) is 26.5. The van der Waals surface area contributed by atoms with Crippen molar-refractivity contribution in [2.75, 3.05) is 0 Å². The summed E-state index contributed by atoms with van der Waals surface area (Å²) in [6.45, 7) is 27.7. The fourth-order valence-electron chi connectivity index (χ4n) is 11.2. The van der Waals surface area contributed by atoms with Crippen molar-refractivity contribution < 1.29 is 0 Å². The molecule has 0 fully saturated rings. The molecule has 0 spiro atoms. The Hall–Kier alpha value is -7.76. The lowest BCUT2D eigenvalue weighted by atomic mass is 9.85. The molecule has 0 saturated heterocycles. The molecule has 12 rings (SSSR count). The fourth-order valence-corrected chi connectivity index (χ4v) is 11.2. The van der Waals surface area contributed by atoms with Gasteiger partial charge in [0, 0.05) is 55.7 Å². The molecule has 1 aliphatic rings. The summed E-state index contributed by atoms with van der Waals surface area (Å²) in [7, 11) is 0. The summed E-state index contributed by atoms with van der Waals surface area (Å²) in [5, 5.41) is 7.44. The second-order valence-electron chi connectivity index (χ2n) is 24.8. The van der Waals surface area contributed by atoms with Gasteiger partial charge in [0.05, 0.1) is 38.8 Å². The van der Waals surface area contributed by atoms with Crippen molar-refractivity contribution in [2.24, 2.45) is 9.98 Å². The topological polar surface area (TPSA) is 39.5 Å². The maximum absolute atomic E-state index is 5.55. The number of hydrogen-bond donors (Lipinski definition) is 0. The quantitative estimate of drug-likeness (QED) is 0.169. The molecule has 0 radical (unpaired) electrons. The van der Waals surface area contributed by atoms with E-state index in [1.54, 1.807) is 0 Å². The Kier molecular flexibility index (Phi) is 10.8. The molecule has 5 heteroatoms. The zero-order valence-corrected chi connectivity index (χ0v) is 45.2. The summed E-state index contributed by atoms with van der Waals surface area (Å²) < 4.78 is 7.37. The van der Waals surface area contributed by atoms with Crippen LogP contribution in [0.4, 0.5) is 0 Å². The molecule has 74 heavy (non-hydrogen) atoms. The van der Waals surface area contributed by atoms with Crippen molar-refractivity contribution in [1.29, 1.82) is 0 Å². The van der Waals surface area contributed by atoms with Gasteiger partial charge in [-0.1, -0.05) is 174 Å². The minimum atomic E-state index is 0.00563. The Morgan fingerprint density at radius 3 is 1.01 bits per heavy atom. The summed E-state index contributed by atoms with van der Waals surface area (Å²) in [6, 6.07) is 63.5. The van der Waals surface area contributed by atoms with E-state index < -0.39 is 0 Å². The van der Waals surface area contributed by atoms with Gasteiger partial charge in [0.25, 0.3) is 0 Å². The molecular weight excluding hydrogens is 899 g/mol. The van der Waals surface area contributed by atoms with Crippen LogP contribution in [-0.4, -0.2) is 25.4 Å². The molecule has 0 N–H and O–H groups in total. The third-order valence-electron chi connectivity index (χ3n) is 15.5. The summed E-state index contributed by atoms with van der Waals surface area (Å²) in [6.07, 6.45) is 2.83. The number of rotatable bonds is 4. The maximum Gasteiger partial charge on any atom is 0.161 e. The van der Waals surface area contributed by atoms with E-state index in [-0.39, 0.29) is 21.7 Å². The van der Waals surface area contributed by atoms with Crippen LogP contribution in [0.3, 0.4) is 0 Å². The Balaban J connectivity index is 1.15. The van der Waals surface area contributed by atoms with E-state index >= 15 is 0 Å². The monoisotopic (exact) mass is 966 g/mol. The molecule has 0 bridgehead atoms. The van der Waals surface area contributed by atoms with Gasteiger partial charge in [0.1, 0.15) is 5.84 Å². The Bertz CT molecular complexity index is 3810. The van der Waals surface area contributed by atoms with Gasteiger partial charge in [-0.15, -0.1) is 0 Å². The van der Waals surface area contributed by atoms with Crippen LogP contribution in [-0.2, 0) is 21.7 Å². The van der Waals surface area contributed by atoms with Gasteiger partial charge < -0.3 is 9.13 Å². The Labute approximate surface area is 436 Å². The predicted molar refractivity (Wildman–Crippen MR) is 318 cm³/mol. The predicted octanol–water partition coefficient (Wildman–Crippen LogP) is 18.3. The van der Waals surface area contributed by atoms with Crippen molar-refractivity contribution in [3.05, 3.63) is 209 Å². The zero-order chi connectivity index (χ0) is 51.6. The largest absolute Gasteiger partial charge is 0.309 e. The van der Waals surface area contributed by atoms with Crippen molar-refractivity contribution in [3.8, 4) is 11.4 Å². The van der Waals surface area contributed by atoms with Crippen molar-refractivity contribution in [3.63, 3.8) is 0 Å². The van der Waals surface area contributed by atoms with Gasteiger partial charge in [-0.25, -0.2) is 9.98 Å². The number of nitrogens with zero attached hydrogens (tertiary/aromatic N) is 5. The average Bonchev–Trinajstić information content (AvgIpc) is 3.92. The highest BCUT2D eigenvalue weighted by Crippen LogP contribution is 2.42. The van der Waals surface area contributed by atoms with E-state index in [1.807, 2.05) is 0 Å². The average molecular weight is 966 g/mol. The van der Waals surface area contributed by atoms with Gasteiger partial charge in [-0.3, -0.25) is 4.57 Å². The minimum absolute atomic E-state index is 0.00563. The first-order valence-electron chi connectivity index (χ1n) is 26.5. The van der Waals surface area contributed by atoms with Gasteiger partial charge >= 0.3 is 0 Å². The van der Waals surface area contributed by atoms with E-state index in [4.69, 9.17) is 9.98 Å². The molecule has 4 heterocycles. The second kappa shape index (κ2) is 16.9. The first kappa shape index (κ1) is 47.3. The third kappa shape index (κ3) is 8.00. The molecule has 0 aliphatic carbocycles. The van der Waals surface area contributed by atoms with Crippen LogP contribution in [0.2, 0.25) is 0 Å². The van der Waals surface area contributed by atoms with Crippen molar-refractivity contribution in [2.45, 2.75) is 111 Å². The molecule has 0 atom stereocenters. The third-order valence-corrected chi connectivity index (χ3v) is 15.5. The number of amidine groups is 1. The number of allylic oxidation sites excluding steroid dienone is 1. The molecule has 1 aliphatic heterocycles. The highest BCUT2D eigenvalue weighted by Gasteiger charge is 2.26. The van der Waals surface area contributed by atoms with E-state index in [1.165, 1.54) is 65.9 Å². The lowest BCUT2D eigenvalue weighted by molar-refractivity contribution is 0.590. The lowest BCUT2D eigenvalue weighted by Crippen LogP contribution is -2.13. The first-order chi connectivity index (χ1) is 35.2. The van der Waals surface area contributed by atoms with E-state index in [0.29, 0.717) is 12.3 Å². The molecule has 5 nitrogen and oxygen atoms in total. The van der Waals surface area contributed by atoms with E-state index in [2.05, 4.69) is 273 Å². The summed E-state index contributed by atoms with van der Waals surface area (Å²) in [5.74, 6) is 1.61.